The molecule has 1 unspecified atom stereocenters. The van der Waals surface area contributed by atoms with Gasteiger partial charge in [0.2, 0.25) is 0 Å². The third-order valence-electron chi connectivity index (χ3n) is 2.77. The molecule has 3 heteroatoms. The Kier molecular flexibility index (Phi) is 5.78. The zero-order valence-corrected chi connectivity index (χ0v) is 11.2. The molecule has 3 nitrogen and oxygen atoms in total. The molecule has 1 atom stereocenters. The first-order valence-corrected chi connectivity index (χ1v) is 5.78. The van der Waals surface area contributed by atoms with Crippen molar-refractivity contribution in [1.29, 1.82) is 0 Å². The van der Waals surface area contributed by atoms with E-state index >= 15 is 0 Å². The maximum Gasteiger partial charge on any atom is 0.0718 e. The molecule has 0 spiro atoms. The Hall–Kier alpha value is -0.120. The smallest absolute Gasteiger partial charge is 0.0718 e. The Morgan fingerprint density at radius 1 is 1.20 bits per heavy atom. The first-order chi connectivity index (χ1) is 6.72. The van der Waals surface area contributed by atoms with Crippen LogP contribution in [0.1, 0.15) is 34.1 Å². The van der Waals surface area contributed by atoms with Gasteiger partial charge in [-0.1, -0.05) is 13.8 Å². The predicted molar refractivity (Wildman–Crippen MR) is 66.1 cm³/mol. The van der Waals surface area contributed by atoms with Gasteiger partial charge in [-0.3, -0.25) is 0 Å². The molecule has 0 aromatic carbocycles. The lowest BCUT2D eigenvalue weighted by Gasteiger charge is -2.35. The van der Waals surface area contributed by atoms with Crippen LogP contribution < -0.4 is 5.32 Å². The fourth-order valence-electron chi connectivity index (χ4n) is 2.09. The minimum Gasteiger partial charge on any atom is -0.389 e. The normalized spacial score (nSPS) is 16.8. The average Bonchev–Trinajstić information content (AvgIpc) is 2.00. The van der Waals surface area contributed by atoms with Crippen LogP contribution in [0.3, 0.4) is 0 Å². The zero-order chi connectivity index (χ0) is 12.1. The number of aliphatic hydroxyl groups is 1. The van der Waals surface area contributed by atoms with Crippen LogP contribution in [-0.4, -0.2) is 49.3 Å². The van der Waals surface area contributed by atoms with Crippen molar-refractivity contribution in [1.82, 2.24) is 10.2 Å². The van der Waals surface area contributed by atoms with Crippen molar-refractivity contribution in [2.75, 3.05) is 33.7 Å². The Balaban J connectivity index is 4.18. The Morgan fingerprint density at radius 2 is 1.73 bits per heavy atom. The Labute approximate surface area is 94.9 Å². The van der Waals surface area contributed by atoms with Gasteiger partial charge in [-0.15, -0.1) is 0 Å². The van der Waals surface area contributed by atoms with E-state index in [0.717, 1.165) is 19.5 Å². The van der Waals surface area contributed by atoms with Crippen LogP contribution >= 0.6 is 0 Å². The summed E-state index contributed by atoms with van der Waals surface area (Å²) in [7, 11) is 4.06. The van der Waals surface area contributed by atoms with Crippen LogP contribution in [0.2, 0.25) is 0 Å². The van der Waals surface area contributed by atoms with Crippen molar-refractivity contribution >= 4 is 0 Å². The molecule has 0 saturated carbocycles. The third-order valence-corrected chi connectivity index (χ3v) is 2.77. The van der Waals surface area contributed by atoms with Gasteiger partial charge in [-0.05, 0) is 39.8 Å². The molecule has 92 valence electrons. The molecule has 0 bridgehead atoms. The van der Waals surface area contributed by atoms with E-state index in [1.165, 1.54) is 0 Å². The van der Waals surface area contributed by atoms with Crippen molar-refractivity contribution in [3.8, 4) is 0 Å². The van der Waals surface area contributed by atoms with Gasteiger partial charge in [0.05, 0.1) is 5.60 Å². The minimum absolute atomic E-state index is 0.286. The maximum absolute atomic E-state index is 9.73. The minimum atomic E-state index is -0.608. The number of hydrogen-bond donors (Lipinski definition) is 2. The van der Waals surface area contributed by atoms with E-state index in [2.05, 4.69) is 31.1 Å². The number of nitrogens with one attached hydrogen (secondary N) is 1. The zero-order valence-electron chi connectivity index (χ0n) is 11.2. The van der Waals surface area contributed by atoms with E-state index in [-0.39, 0.29) is 5.41 Å². The summed E-state index contributed by atoms with van der Waals surface area (Å²) < 4.78 is 0. The van der Waals surface area contributed by atoms with Gasteiger partial charge in [0.1, 0.15) is 0 Å². The summed E-state index contributed by atoms with van der Waals surface area (Å²) >= 11 is 0. The highest BCUT2D eigenvalue weighted by atomic mass is 16.3. The molecular weight excluding hydrogens is 188 g/mol. The van der Waals surface area contributed by atoms with E-state index in [9.17, 15) is 5.11 Å². The lowest BCUT2D eigenvalue weighted by molar-refractivity contribution is 0.0317. The molecule has 0 aliphatic heterocycles. The first kappa shape index (κ1) is 14.9. The monoisotopic (exact) mass is 216 g/mol. The summed E-state index contributed by atoms with van der Waals surface area (Å²) in [6.45, 7) is 10.9. The van der Waals surface area contributed by atoms with Gasteiger partial charge < -0.3 is 15.3 Å². The highest BCUT2D eigenvalue weighted by Crippen LogP contribution is 2.21. The molecule has 0 saturated heterocycles. The van der Waals surface area contributed by atoms with Gasteiger partial charge in [0.15, 0.2) is 0 Å². The fourth-order valence-corrected chi connectivity index (χ4v) is 2.09. The maximum atomic E-state index is 9.73. The summed E-state index contributed by atoms with van der Waals surface area (Å²) in [6, 6.07) is 0. The lowest BCUT2D eigenvalue weighted by Crippen LogP contribution is -2.44. The molecule has 0 fully saturated rings. The van der Waals surface area contributed by atoms with Gasteiger partial charge >= 0.3 is 0 Å². The van der Waals surface area contributed by atoms with Crippen molar-refractivity contribution < 1.29 is 5.11 Å². The summed E-state index contributed by atoms with van der Waals surface area (Å²) in [5.41, 5.74) is -0.322. The van der Waals surface area contributed by atoms with Crippen molar-refractivity contribution in [2.24, 2.45) is 5.41 Å². The molecule has 0 radical (unpaired) electrons. The highest BCUT2D eigenvalue weighted by Gasteiger charge is 2.25. The number of likely N-dealkylation sites (N-methyl/N-ethyl adjacent to an activating group) is 1. The molecule has 0 rings (SSSR count). The third kappa shape index (κ3) is 6.88. The predicted octanol–water partition coefficient (Wildman–Crippen LogP) is 1.32. The molecule has 0 aromatic rings. The highest BCUT2D eigenvalue weighted by molar-refractivity contribution is 4.80. The standard InChI is InChI=1S/C12H28N2O/c1-7-12(4,8-13-5)10-14(6)9-11(2,3)15/h13,15H,7-10H2,1-6H3. The largest absolute Gasteiger partial charge is 0.389 e. The van der Waals surface area contributed by atoms with E-state index in [1.54, 1.807) is 0 Å². The van der Waals surface area contributed by atoms with Crippen LogP contribution in [0.15, 0.2) is 0 Å². The van der Waals surface area contributed by atoms with Crippen LogP contribution in [0.5, 0.6) is 0 Å². The molecule has 0 aliphatic rings. The van der Waals surface area contributed by atoms with Crippen molar-refractivity contribution in [3.05, 3.63) is 0 Å². The summed E-state index contributed by atoms with van der Waals surface area (Å²) in [4.78, 5) is 2.21. The van der Waals surface area contributed by atoms with Crippen LogP contribution in [0, 0.1) is 5.41 Å². The molecular formula is C12H28N2O. The molecule has 15 heavy (non-hydrogen) atoms. The second-order valence-corrected chi connectivity index (χ2v) is 5.68. The van der Waals surface area contributed by atoms with Gasteiger partial charge in [-0.25, -0.2) is 0 Å². The number of rotatable bonds is 7. The summed E-state index contributed by atoms with van der Waals surface area (Å²) in [5, 5.41) is 13.0. The van der Waals surface area contributed by atoms with Crippen LogP contribution in [-0.2, 0) is 0 Å². The average molecular weight is 216 g/mol. The molecule has 0 aromatic heterocycles. The Morgan fingerprint density at radius 3 is 2.07 bits per heavy atom. The molecule has 0 heterocycles. The van der Waals surface area contributed by atoms with E-state index < -0.39 is 5.60 Å². The van der Waals surface area contributed by atoms with Crippen molar-refractivity contribution in [2.45, 2.75) is 39.7 Å². The fraction of sp³-hybridized carbons (Fsp3) is 1.00. The van der Waals surface area contributed by atoms with Gasteiger partial charge in [0.25, 0.3) is 0 Å². The Bertz CT molecular complexity index is 177. The number of hydrogen-bond acceptors (Lipinski definition) is 3. The second-order valence-electron chi connectivity index (χ2n) is 5.68. The quantitative estimate of drug-likeness (QED) is 0.674. The van der Waals surface area contributed by atoms with E-state index in [0.29, 0.717) is 6.54 Å². The van der Waals surface area contributed by atoms with Crippen molar-refractivity contribution in [3.63, 3.8) is 0 Å². The van der Waals surface area contributed by atoms with Gasteiger partial charge in [-0.2, -0.15) is 0 Å². The second kappa shape index (κ2) is 5.83. The van der Waals surface area contributed by atoms with Gasteiger partial charge in [0, 0.05) is 19.6 Å². The lowest BCUT2D eigenvalue weighted by atomic mass is 9.86. The molecule has 0 amide bonds. The topological polar surface area (TPSA) is 35.5 Å². The first-order valence-electron chi connectivity index (χ1n) is 5.78. The molecule has 0 aliphatic carbocycles. The molecule has 2 N–H and O–H groups in total. The summed E-state index contributed by atoms with van der Waals surface area (Å²) in [6.07, 6.45) is 1.14. The van der Waals surface area contributed by atoms with Crippen LogP contribution in [0.25, 0.3) is 0 Å². The summed E-state index contributed by atoms with van der Waals surface area (Å²) in [5.74, 6) is 0. The van der Waals surface area contributed by atoms with Crippen LogP contribution in [0.4, 0.5) is 0 Å². The van der Waals surface area contributed by atoms with E-state index in [1.807, 2.05) is 20.9 Å². The van der Waals surface area contributed by atoms with E-state index in [4.69, 9.17) is 0 Å². The SMILES string of the molecule is CCC(C)(CNC)CN(C)CC(C)(C)O. The number of nitrogens with zero attached hydrogens (tertiary/aromatic N) is 1.